The van der Waals surface area contributed by atoms with Crippen molar-refractivity contribution < 1.29 is 27.2 Å². The van der Waals surface area contributed by atoms with Crippen molar-refractivity contribution in [2.45, 2.75) is 12.8 Å². The van der Waals surface area contributed by atoms with Crippen molar-refractivity contribution in [2.24, 2.45) is 0 Å². The summed E-state index contributed by atoms with van der Waals surface area (Å²) in [4.78, 5) is 14.3. The molecule has 0 unspecified atom stereocenters. The van der Waals surface area contributed by atoms with Crippen LogP contribution < -0.4 is 0 Å². The summed E-state index contributed by atoms with van der Waals surface area (Å²) >= 11 is 0. The lowest BCUT2D eigenvalue weighted by Crippen LogP contribution is -2.11. The topological polar surface area (TPSA) is 93.3 Å². The third-order valence-electron chi connectivity index (χ3n) is 4.42. The molecule has 0 amide bonds. The van der Waals surface area contributed by atoms with Crippen molar-refractivity contribution in [1.29, 1.82) is 0 Å². The minimum Gasteiger partial charge on any atom is -0.358 e. The highest BCUT2D eigenvalue weighted by Crippen LogP contribution is 2.61. The van der Waals surface area contributed by atoms with Gasteiger partial charge in [-0.2, -0.15) is 13.2 Å². The van der Waals surface area contributed by atoms with E-state index >= 15 is 0 Å². The van der Waals surface area contributed by atoms with E-state index in [0.717, 1.165) is 18.5 Å². The molecule has 150 valence electrons. The molecule has 4 rings (SSSR count). The maximum atomic E-state index is 13.0. The predicted molar refractivity (Wildman–Crippen MR) is 90.8 cm³/mol. The van der Waals surface area contributed by atoms with Gasteiger partial charge in [-0.1, -0.05) is 0 Å². The van der Waals surface area contributed by atoms with E-state index in [1.165, 1.54) is 16.7 Å². The van der Waals surface area contributed by atoms with Gasteiger partial charge in [0.1, 0.15) is 6.61 Å². The molecule has 0 aliphatic carbocycles. The summed E-state index contributed by atoms with van der Waals surface area (Å²) in [5, 5.41) is 11.3. The van der Waals surface area contributed by atoms with Crippen LogP contribution in [0.4, 0.5) is 19.0 Å². The summed E-state index contributed by atoms with van der Waals surface area (Å²) in [6.45, 7) is 2.12. The number of nitrogens with zero attached hydrogens (tertiary/aromatic N) is 5. The summed E-state index contributed by atoms with van der Waals surface area (Å²) in [6.07, 6.45) is -3.35. The molecule has 2 aromatic rings. The first-order chi connectivity index (χ1) is 13.2. The second kappa shape index (κ2) is 6.66. The van der Waals surface area contributed by atoms with Gasteiger partial charge in [-0.05, 0) is 34.2 Å². The lowest BCUT2D eigenvalue weighted by molar-refractivity contribution is -0.390. The normalized spacial score (nSPS) is 17.7. The van der Waals surface area contributed by atoms with Crippen molar-refractivity contribution in [3.05, 3.63) is 52.0 Å². The zero-order chi connectivity index (χ0) is 20.1. The molecule has 3 heterocycles. The van der Waals surface area contributed by atoms with Crippen LogP contribution in [0, 0.1) is 10.1 Å². The van der Waals surface area contributed by atoms with Crippen molar-refractivity contribution in [3.8, 4) is 5.69 Å². The number of alkyl halides is 3. The van der Waals surface area contributed by atoms with Crippen LogP contribution in [-0.4, -0.2) is 50.0 Å². The van der Waals surface area contributed by atoms with E-state index in [1.807, 2.05) is 0 Å². The van der Waals surface area contributed by atoms with Crippen molar-refractivity contribution >= 4 is 13.5 Å². The summed E-state index contributed by atoms with van der Waals surface area (Å²) in [7, 11) is -3.22. The summed E-state index contributed by atoms with van der Waals surface area (Å²) in [5.74, 6) is -0.497. The van der Waals surface area contributed by atoms with Crippen LogP contribution in [-0.2, 0) is 21.9 Å². The molecule has 0 bridgehead atoms. The molecule has 0 radical (unpaired) electrons. The van der Waals surface area contributed by atoms with Crippen LogP contribution >= 0.6 is 7.67 Å². The fourth-order valence-corrected chi connectivity index (χ4v) is 4.93. The van der Waals surface area contributed by atoms with Crippen molar-refractivity contribution in [2.75, 3.05) is 26.2 Å². The van der Waals surface area contributed by atoms with Crippen LogP contribution in [0.3, 0.4) is 0 Å². The van der Waals surface area contributed by atoms with Gasteiger partial charge in [-0.15, -0.1) is 0 Å². The zero-order valence-corrected chi connectivity index (χ0v) is 15.3. The molecule has 0 N–H and O–H groups in total. The van der Waals surface area contributed by atoms with Crippen LogP contribution in [0.1, 0.15) is 11.3 Å². The highest BCUT2D eigenvalue weighted by Gasteiger charge is 2.49. The average Bonchev–Trinajstić information content (AvgIpc) is 3.54. The molecule has 2 aliphatic heterocycles. The Morgan fingerprint density at radius 3 is 2.18 bits per heavy atom. The smallest absolute Gasteiger partial charge is 0.358 e. The quantitative estimate of drug-likeness (QED) is 0.296. The minimum absolute atomic E-state index is 0.00804. The molecular formula is C15H15F3N5O4P. The number of aromatic nitrogens is 2. The van der Waals surface area contributed by atoms with Gasteiger partial charge in [0.15, 0.2) is 5.69 Å². The lowest BCUT2D eigenvalue weighted by Gasteiger charge is -2.19. The Bertz CT molecular complexity index is 938. The standard InChI is InChI=1S/C15H15F3N5O4P/c16-15(17,18)11-1-3-12(4-2-11)22-10-19-14(23(24)25)13(22)9-27-28(26,20-5-6-20)21-7-8-21/h1-4,10H,5-9H2. The van der Waals surface area contributed by atoms with Gasteiger partial charge in [0, 0.05) is 31.9 Å². The Hall–Kier alpha value is -2.27. The van der Waals surface area contributed by atoms with E-state index in [0.29, 0.717) is 26.2 Å². The first-order valence-corrected chi connectivity index (χ1v) is 9.87. The molecule has 0 spiro atoms. The molecule has 1 aromatic carbocycles. The molecule has 9 nitrogen and oxygen atoms in total. The molecule has 13 heteroatoms. The van der Waals surface area contributed by atoms with Gasteiger partial charge in [-0.3, -0.25) is 13.7 Å². The number of imidazole rings is 1. The third-order valence-corrected chi connectivity index (χ3v) is 7.12. The second-order valence-corrected chi connectivity index (χ2v) is 8.73. The number of rotatable bonds is 7. The summed E-state index contributed by atoms with van der Waals surface area (Å²) in [5.41, 5.74) is -0.578. The first kappa shape index (κ1) is 19.1. The molecule has 0 saturated carbocycles. The van der Waals surface area contributed by atoms with Gasteiger partial charge < -0.3 is 10.1 Å². The summed E-state index contributed by atoms with van der Waals surface area (Å²) < 4.78 is 61.5. The number of hydrogen-bond acceptors (Lipinski definition) is 5. The second-order valence-electron chi connectivity index (χ2n) is 6.36. The Morgan fingerprint density at radius 2 is 1.71 bits per heavy atom. The maximum Gasteiger partial charge on any atom is 0.416 e. The number of nitro groups is 1. The first-order valence-electron chi connectivity index (χ1n) is 8.34. The van der Waals surface area contributed by atoms with Gasteiger partial charge in [-0.25, -0.2) is 9.34 Å². The highest BCUT2D eigenvalue weighted by atomic mass is 31.2. The number of halogens is 3. The lowest BCUT2D eigenvalue weighted by atomic mass is 10.2. The Balaban J connectivity index is 1.64. The van der Waals surface area contributed by atoms with E-state index < -0.39 is 30.2 Å². The Morgan fingerprint density at radius 1 is 1.14 bits per heavy atom. The third kappa shape index (κ3) is 3.55. The van der Waals surface area contributed by atoms with Gasteiger partial charge >= 0.3 is 19.7 Å². The largest absolute Gasteiger partial charge is 0.416 e. The maximum absolute atomic E-state index is 13.0. The van der Waals surface area contributed by atoms with E-state index in [1.54, 1.807) is 9.34 Å². The molecule has 2 saturated heterocycles. The monoisotopic (exact) mass is 417 g/mol. The molecule has 2 fully saturated rings. The molecule has 1 aromatic heterocycles. The highest BCUT2D eigenvalue weighted by molar-refractivity contribution is 7.54. The molecule has 2 aliphatic rings. The Labute approximate surface area is 157 Å². The summed E-state index contributed by atoms with van der Waals surface area (Å²) in [6, 6.07) is 4.13. The van der Waals surface area contributed by atoms with Crippen molar-refractivity contribution in [3.63, 3.8) is 0 Å². The number of benzene rings is 1. The van der Waals surface area contributed by atoms with Crippen LogP contribution in [0.2, 0.25) is 0 Å². The average molecular weight is 417 g/mol. The van der Waals surface area contributed by atoms with Gasteiger partial charge in [0.25, 0.3) is 0 Å². The fourth-order valence-electron chi connectivity index (χ4n) is 2.77. The van der Waals surface area contributed by atoms with E-state index in [9.17, 15) is 27.9 Å². The van der Waals surface area contributed by atoms with E-state index in [4.69, 9.17) is 4.52 Å². The molecule has 0 atom stereocenters. The fraction of sp³-hybridized carbons (Fsp3) is 0.400. The van der Waals surface area contributed by atoms with Crippen LogP contribution in [0.5, 0.6) is 0 Å². The minimum atomic E-state index is -4.49. The SMILES string of the molecule is O=[N+]([O-])c1ncn(-c2ccc(C(F)(F)F)cc2)c1COP(=O)(N1CC1)N1CC1. The zero-order valence-electron chi connectivity index (χ0n) is 14.4. The van der Waals surface area contributed by atoms with Crippen LogP contribution in [0.15, 0.2) is 30.6 Å². The predicted octanol–water partition coefficient (Wildman–Crippen LogP) is 3.06. The van der Waals surface area contributed by atoms with E-state index in [-0.39, 0.29) is 18.0 Å². The molecule has 28 heavy (non-hydrogen) atoms. The van der Waals surface area contributed by atoms with Crippen LogP contribution in [0.25, 0.3) is 5.69 Å². The van der Waals surface area contributed by atoms with E-state index in [2.05, 4.69) is 4.98 Å². The van der Waals surface area contributed by atoms with Crippen molar-refractivity contribution in [1.82, 2.24) is 18.9 Å². The van der Waals surface area contributed by atoms with Gasteiger partial charge in [0.05, 0.1) is 5.56 Å². The molecular weight excluding hydrogens is 402 g/mol. The Kier molecular flexibility index (Phi) is 4.53. The van der Waals surface area contributed by atoms with Gasteiger partial charge in [0.2, 0.25) is 6.33 Å². The number of hydrogen-bond donors (Lipinski definition) is 0.